The fourth-order valence-corrected chi connectivity index (χ4v) is 4.25. The molecule has 0 aliphatic carbocycles. The van der Waals surface area contributed by atoms with Crippen molar-refractivity contribution in [3.05, 3.63) is 94.0 Å². The quantitative estimate of drug-likeness (QED) is 0.316. The van der Waals surface area contributed by atoms with Crippen molar-refractivity contribution in [3.8, 4) is 11.3 Å². The number of halogens is 1. The van der Waals surface area contributed by atoms with Gasteiger partial charge in [-0.25, -0.2) is 4.98 Å². The molecule has 0 aliphatic rings. The molecule has 4 aromatic rings. The summed E-state index contributed by atoms with van der Waals surface area (Å²) >= 11 is 3.51. The van der Waals surface area contributed by atoms with Gasteiger partial charge in [-0.15, -0.1) is 0 Å². The Hall–Kier alpha value is -3.51. The normalized spacial score (nSPS) is 11.8. The molecule has 0 fully saturated rings. The minimum atomic E-state index is -0.434. The number of carbonyl (C=O) groups excluding carboxylic acids is 2. The Morgan fingerprint density at radius 3 is 2.48 bits per heavy atom. The van der Waals surface area contributed by atoms with E-state index in [-0.39, 0.29) is 11.9 Å². The third-order valence-corrected chi connectivity index (χ3v) is 6.16. The Kier molecular flexibility index (Phi) is 6.56. The summed E-state index contributed by atoms with van der Waals surface area (Å²) in [6.07, 6.45) is 0. The third-order valence-electron chi connectivity index (χ3n) is 5.66. The molecular formula is C27H23BrN2O3. The van der Waals surface area contributed by atoms with Crippen molar-refractivity contribution in [2.24, 2.45) is 0 Å². The molecular weight excluding hydrogens is 480 g/mol. The molecule has 0 saturated heterocycles. The molecule has 166 valence electrons. The number of fused-ring (bicyclic) bond motifs is 1. The zero-order valence-corrected chi connectivity index (χ0v) is 20.1. The molecule has 5 nitrogen and oxygen atoms in total. The van der Waals surface area contributed by atoms with Gasteiger partial charge in [0.1, 0.15) is 0 Å². The number of hydrogen-bond donors (Lipinski definition) is 1. The predicted octanol–water partition coefficient (Wildman–Crippen LogP) is 6.50. The van der Waals surface area contributed by atoms with Crippen LogP contribution in [-0.2, 0) is 9.53 Å². The lowest BCUT2D eigenvalue weighted by Crippen LogP contribution is -2.16. The highest BCUT2D eigenvalue weighted by molar-refractivity contribution is 9.10. The maximum Gasteiger partial charge on any atom is 0.312 e. The monoisotopic (exact) mass is 502 g/mol. The number of pyridine rings is 1. The molecule has 3 aromatic carbocycles. The summed E-state index contributed by atoms with van der Waals surface area (Å²) in [7, 11) is 1.37. The Labute approximate surface area is 200 Å². The maximum atomic E-state index is 13.6. The Morgan fingerprint density at radius 2 is 1.76 bits per heavy atom. The Morgan fingerprint density at radius 1 is 1.00 bits per heavy atom. The topological polar surface area (TPSA) is 68.3 Å². The summed E-state index contributed by atoms with van der Waals surface area (Å²) in [6.45, 7) is 3.69. The molecule has 33 heavy (non-hydrogen) atoms. The summed E-state index contributed by atoms with van der Waals surface area (Å²) in [5, 5.41) is 3.77. The van der Waals surface area contributed by atoms with Crippen molar-refractivity contribution in [3.63, 3.8) is 0 Å². The van der Waals surface area contributed by atoms with E-state index in [1.54, 1.807) is 19.1 Å². The van der Waals surface area contributed by atoms with Crippen molar-refractivity contribution in [2.45, 2.75) is 19.8 Å². The second-order valence-corrected chi connectivity index (χ2v) is 8.73. The minimum Gasteiger partial charge on any atom is -0.469 e. The van der Waals surface area contributed by atoms with Crippen molar-refractivity contribution >= 4 is 44.4 Å². The summed E-state index contributed by atoms with van der Waals surface area (Å²) in [4.78, 5) is 30.4. The van der Waals surface area contributed by atoms with Crippen molar-refractivity contribution < 1.29 is 14.3 Å². The average molecular weight is 503 g/mol. The summed E-state index contributed by atoms with van der Waals surface area (Å²) in [6, 6.07) is 22.8. The van der Waals surface area contributed by atoms with Crippen LogP contribution in [0.2, 0.25) is 0 Å². The SMILES string of the molecule is COC(=O)C(C)c1cccc(NC(=O)c2c(C)c(-c3ccccc3)nc3ccc(Br)cc23)c1. The Balaban J connectivity index is 1.79. The zero-order valence-electron chi connectivity index (χ0n) is 18.6. The Bertz CT molecular complexity index is 1350. The lowest BCUT2D eigenvalue weighted by atomic mass is 9.97. The van der Waals surface area contributed by atoms with Crippen LogP contribution in [0.25, 0.3) is 22.2 Å². The molecule has 0 radical (unpaired) electrons. The van der Waals surface area contributed by atoms with Crippen LogP contribution in [0.4, 0.5) is 5.69 Å². The highest BCUT2D eigenvalue weighted by Gasteiger charge is 2.21. The van der Waals surface area contributed by atoms with Crippen LogP contribution < -0.4 is 5.32 Å². The molecule has 1 unspecified atom stereocenters. The van der Waals surface area contributed by atoms with Crippen LogP contribution in [-0.4, -0.2) is 24.0 Å². The first-order valence-corrected chi connectivity index (χ1v) is 11.3. The van der Waals surface area contributed by atoms with Gasteiger partial charge in [0.25, 0.3) is 5.91 Å². The van der Waals surface area contributed by atoms with Crippen LogP contribution in [0.5, 0.6) is 0 Å². The van der Waals surface area contributed by atoms with Crippen molar-refractivity contribution in [1.29, 1.82) is 0 Å². The van der Waals surface area contributed by atoms with E-state index in [2.05, 4.69) is 21.2 Å². The lowest BCUT2D eigenvalue weighted by molar-refractivity contribution is -0.141. The van der Waals surface area contributed by atoms with Crippen molar-refractivity contribution in [1.82, 2.24) is 4.98 Å². The van der Waals surface area contributed by atoms with Crippen LogP contribution in [0, 0.1) is 6.92 Å². The fraction of sp³-hybridized carbons (Fsp3) is 0.148. The van der Waals surface area contributed by atoms with E-state index in [1.807, 2.05) is 67.6 Å². The fourth-order valence-electron chi connectivity index (χ4n) is 3.89. The van der Waals surface area contributed by atoms with E-state index in [4.69, 9.17) is 9.72 Å². The molecule has 4 rings (SSSR count). The van der Waals surface area contributed by atoms with Crippen molar-refractivity contribution in [2.75, 3.05) is 12.4 Å². The summed E-state index contributed by atoms with van der Waals surface area (Å²) in [5.41, 5.74) is 5.18. The number of amides is 1. The smallest absolute Gasteiger partial charge is 0.312 e. The number of anilines is 1. The van der Waals surface area contributed by atoms with Crippen LogP contribution >= 0.6 is 15.9 Å². The number of esters is 1. The molecule has 0 saturated carbocycles. The largest absolute Gasteiger partial charge is 0.469 e. The number of aromatic nitrogens is 1. The van der Waals surface area contributed by atoms with E-state index >= 15 is 0 Å². The van der Waals surface area contributed by atoms with Gasteiger partial charge in [0.2, 0.25) is 0 Å². The molecule has 1 atom stereocenters. The number of carbonyl (C=O) groups is 2. The van der Waals surface area contributed by atoms with Gasteiger partial charge in [-0.2, -0.15) is 0 Å². The number of hydrogen-bond acceptors (Lipinski definition) is 4. The molecule has 0 bridgehead atoms. The van der Waals surface area contributed by atoms with Gasteiger partial charge < -0.3 is 10.1 Å². The number of methoxy groups -OCH3 is 1. The van der Waals surface area contributed by atoms with Gasteiger partial charge in [0.15, 0.2) is 0 Å². The molecule has 0 spiro atoms. The second kappa shape index (κ2) is 9.55. The molecule has 1 aromatic heterocycles. The van der Waals surface area contributed by atoms with E-state index < -0.39 is 5.92 Å². The van der Waals surface area contributed by atoms with Crippen LogP contribution in [0.15, 0.2) is 77.3 Å². The lowest BCUT2D eigenvalue weighted by Gasteiger charge is -2.16. The number of benzene rings is 3. The van der Waals surface area contributed by atoms with Crippen LogP contribution in [0.3, 0.4) is 0 Å². The first-order chi connectivity index (χ1) is 15.9. The molecule has 1 heterocycles. The number of ether oxygens (including phenoxy) is 1. The van der Waals surface area contributed by atoms with E-state index in [0.29, 0.717) is 11.3 Å². The minimum absolute atomic E-state index is 0.238. The van der Waals surface area contributed by atoms with E-state index in [0.717, 1.165) is 37.8 Å². The highest BCUT2D eigenvalue weighted by atomic mass is 79.9. The molecule has 1 N–H and O–H groups in total. The standard InChI is InChI=1S/C27H23BrN2O3/c1-16(27(32)33-3)19-10-7-11-21(14-19)29-26(31)24-17(2)25(18-8-5-4-6-9-18)30-23-13-12-20(28)15-22(23)24/h4-16H,1-3H3,(H,29,31). The van der Waals surface area contributed by atoms with Gasteiger partial charge in [-0.05, 0) is 55.3 Å². The highest BCUT2D eigenvalue weighted by Crippen LogP contribution is 2.32. The van der Waals surface area contributed by atoms with Gasteiger partial charge >= 0.3 is 5.97 Å². The first-order valence-electron chi connectivity index (χ1n) is 10.5. The average Bonchev–Trinajstić information content (AvgIpc) is 2.83. The van der Waals surface area contributed by atoms with Crippen LogP contribution in [0.1, 0.15) is 34.3 Å². The third kappa shape index (κ3) is 4.66. The summed E-state index contributed by atoms with van der Waals surface area (Å²) in [5.74, 6) is -0.999. The maximum absolute atomic E-state index is 13.6. The molecule has 1 amide bonds. The van der Waals surface area contributed by atoms with Gasteiger partial charge in [-0.1, -0.05) is 58.4 Å². The zero-order chi connectivity index (χ0) is 23.5. The number of nitrogens with one attached hydrogen (secondary N) is 1. The van der Waals surface area contributed by atoms with E-state index in [9.17, 15) is 9.59 Å². The van der Waals surface area contributed by atoms with E-state index in [1.165, 1.54) is 7.11 Å². The number of nitrogens with zero attached hydrogens (tertiary/aromatic N) is 1. The van der Waals surface area contributed by atoms with Gasteiger partial charge in [0, 0.05) is 21.1 Å². The van der Waals surface area contributed by atoms with Gasteiger partial charge in [0.05, 0.1) is 29.8 Å². The predicted molar refractivity (Wildman–Crippen MR) is 134 cm³/mol. The summed E-state index contributed by atoms with van der Waals surface area (Å²) < 4.78 is 5.72. The molecule has 6 heteroatoms. The number of rotatable bonds is 5. The first kappa shape index (κ1) is 22.7. The molecule has 0 aliphatic heterocycles. The van der Waals surface area contributed by atoms with Gasteiger partial charge in [-0.3, -0.25) is 9.59 Å². The second-order valence-electron chi connectivity index (χ2n) is 7.81.